The van der Waals surface area contributed by atoms with E-state index in [1.165, 1.54) is 22.7 Å². The lowest BCUT2D eigenvalue weighted by molar-refractivity contribution is -0.0111. The Bertz CT molecular complexity index is 724. The molecule has 3 rings (SSSR count). The number of alkyl halides is 2. The van der Waals surface area contributed by atoms with E-state index in [1.807, 2.05) is 0 Å². The molecule has 1 aliphatic carbocycles. The molecular formula is C14H14F2N2O2S2. The van der Waals surface area contributed by atoms with Gasteiger partial charge in [-0.25, -0.2) is 18.6 Å². The van der Waals surface area contributed by atoms with Crippen molar-refractivity contribution in [2.45, 2.75) is 32.1 Å². The van der Waals surface area contributed by atoms with Crippen molar-refractivity contribution in [1.82, 2.24) is 4.98 Å². The van der Waals surface area contributed by atoms with Gasteiger partial charge in [0.25, 0.3) is 5.92 Å². The van der Waals surface area contributed by atoms with Gasteiger partial charge in [0, 0.05) is 28.7 Å². The number of rotatable bonds is 3. The van der Waals surface area contributed by atoms with E-state index in [-0.39, 0.29) is 31.6 Å². The third-order valence-corrected chi connectivity index (χ3v) is 5.40. The Hall–Kier alpha value is -1.54. The van der Waals surface area contributed by atoms with E-state index in [0.29, 0.717) is 20.4 Å². The number of carbonyl (C=O) groups is 1. The monoisotopic (exact) mass is 344 g/mol. The number of carbonyl (C=O) groups excluding carboxylic acids is 1. The van der Waals surface area contributed by atoms with Crippen molar-refractivity contribution in [2.24, 2.45) is 0 Å². The highest BCUT2D eigenvalue weighted by Crippen LogP contribution is 2.46. The molecule has 0 atom stereocenters. The number of nitrogen functional groups attached to an aromatic ring is 1. The van der Waals surface area contributed by atoms with Gasteiger partial charge >= 0.3 is 5.97 Å². The summed E-state index contributed by atoms with van der Waals surface area (Å²) in [7, 11) is 0. The quantitative estimate of drug-likeness (QED) is 0.861. The van der Waals surface area contributed by atoms with Gasteiger partial charge in [0.15, 0.2) is 5.69 Å². The summed E-state index contributed by atoms with van der Waals surface area (Å²) in [6.07, 6.45) is -0.174. The van der Waals surface area contributed by atoms with Crippen LogP contribution in [0, 0.1) is 0 Å². The summed E-state index contributed by atoms with van der Waals surface area (Å²) in [6.45, 7) is 2.00. The Labute approximate surface area is 133 Å². The minimum atomic E-state index is -2.67. The minimum absolute atomic E-state index is 0.181. The molecule has 0 radical (unpaired) electrons. The van der Waals surface area contributed by atoms with Crippen LogP contribution in [-0.2, 0) is 17.6 Å². The zero-order chi connectivity index (χ0) is 15.9. The average Bonchev–Trinajstić information content (AvgIpc) is 3.01. The van der Waals surface area contributed by atoms with E-state index < -0.39 is 11.9 Å². The van der Waals surface area contributed by atoms with Crippen LogP contribution in [0.15, 0.2) is 5.38 Å². The van der Waals surface area contributed by atoms with Crippen LogP contribution in [0.5, 0.6) is 0 Å². The molecular weight excluding hydrogens is 330 g/mol. The second-order valence-corrected chi connectivity index (χ2v) is 7.03. The molecule has 0 bridgehead atoms. The van der Waals surface area contributed by atoms with E-state index in [9.17, 15) is 13.6 Å². The van der Waals surface area contributed by atoms with Crippen molar-refractivity contribution in [3.63, 3.8) is 0 Å². The Morgan fingerprint density at radius 2 is 2.32 bits per heavy atom. The molecule has 4 nitrogen and oxygen atoms in total. The van der Waals surface area contributed by atoms with Gasteiger partial charge in [0.05, 0.1) is 11.6 Å². The van der Waals surface area contributed by atoms with Crippen LogP contribution in [0.25, 0.3) is 10.6 Å². The zero-order valence-electron chi connectivity index (χ0n) is 11.8. The van der Waals surface area contributed by atoms with Crippen LogP contribution in [0.2, 0.25) is 0 Å². The topological polar surface area (TPSA) is 65.2 Å². The van der Waals surface area contributed by atoms with E-state index in [0.717, 1.165) is 5.56 Å². The van der Waals surface area contributed by atoms with Gasteiger partial charge in [-0.05, 0) is 18.9 Å². The molecule has 1 aliphatic rings. The molecule has 118 valence electrons. The molecule has 0 spiro atoms. The van der Waals surface area contributed by atoms with Crippen LogP contribution >= 0.6 is 22.7 Å². The first-order valence-electron chi connectivity index (χ1n) is 6.82. The smallest absolute Gasteiger partial charge is 0.357 e. The van der Waals surface area contributed by atoms with E-state index in [2.05, 4.69) is 4.98 Å². The van der Waals surface area contributed by atoms with E-state index in [1.54, 1.807) is 12.3 Å². The molecule has 2 N–H and O–H groups in total. The molecule has 0 amide bonds. The van der Waals surface area contributed by atoms with Gasteiger partial charge in [-0.3, -0.25) is 0 Å². The van der Waals surface area contributed by atoms with E-state index >= 15 is 0 Å². The van der Waals surface area contributed by atoms with Crippen LogP contribution in [0.1, 0.15) is 34.3 Å². The van der Waals surface area contributed by atoms with Crippen molar-refractivity contribution < 1.29 is 18.3 Å². The Balaban J connectivity index is 1.97. The van der Waals surface area contributed by atoms with Gasteiger partial charge in [-0.15, -0.1) is 22.7 Å². The molecule has 0 fully saturated rings. The van der Waals surface area contributed by atoms with Crippen molar-refractivity contribution in [2.75, 3.05) is 12.3 Å². The number of anilines is 1. The maximum absolute atomic E-state index is 13.5. The number of thiazole rings is 1. The van der Waals surface area contributed by atoms with Crippen LogP contribution in [0.3, 0.4) is 0 Å². The molecule has 2 aromatic heterocycles. The number of hydrogen-bond donors (Lipinski definition) is 1. The maximum Gasteiger partial charge on any atom is 0.357 e. The predicted molar refractivity (Wildman–Crippen MR) is 82.8 cm³/mol. The average molecular weight is 344 g/mol. The van der Waals surface area contributed by atoms with E-state index in [4.69, 9.17) is 10.5 Å². The molecule has 0 saturated carbocycles. The summed E-state index contributed by atoms with van der Waals surface area (Å²) in [5.41, 5.74) is 7.78. The standard InChI is InChI=1S/C14H14F2N2O2S2/c1-2-20-13(19)8-6-21-12(18-8)10-7-3-4-14(15,16)5-9(7)22-11(10)17/h6H,2-5,17H2,1H3. The lowest BCUT2D eigenvalue weighted by Crippen LogP contribution is -2.24. The molecule has 2 aromatic rings. The summed E-state index contributed by atoms with van der Waals surface area (Å²) >= 11 is 2.47. The maximum atomic E-state index is 13.5. The summed E-state index contributed by atoms with van der Waals surface area (Å²) in [6, 6.07) is 0. The third kappa shape index (κ3) is 2.72. The van der Waals surface area contributed by atoms with Gasteiger partial charge < -0.3 is 10.5 Å². The predicted octanol–water partition coefficient (Wildman–Crippen LogP) is 3.75. The van der Waals surface area contributed by atoms with Gasteiger partial charge in [0.2, 0.25) is 0 Å². The summed E-state index contributed by atoms with van der Waals surface area (Å²) in [5, 5.41) is 2.67. The number of hydrogen-bond acceptors (Lipinski definition) is 6. The van der Waals surface area contributed by atoms with Crippen molar-refractivity contribution in [1.29, 1.82) is 0 Å². The Morgan fingerprint density at radius 1 is 1.55 bits per heavy atom. The SMILES string of the molecule is CCOC(=O)c1csc(-c2c(N)sc3c2CCC(F)(F)C3)n1. The summed E-state index contributed by atoms with van der Waals surface area (Å²) < 4.78 is 31.9. The molecule has 8 heteroatoms. The van der Waals surface area contributed by atoms with Crippen molar-refractivity contribution >= 4 is 33.6 Å². The third-order valence-electron chi connectivity index (χ3n) is 3.48. The van der Waals surface area contributed by atoms with Gasteiger partial charge in [0.1, 0.15) is 5.01 Å². The first kappa shape index (κ1) is 15.4. The first-order chi connectivity index (χ1) is 10.4. The highest BCUT2D eigenvalue weighted by Gasteiger charge is 2.37. The summed E-state index contributed by atoms with van der Waals surface area (Å²) in [4.78, 5) is 16.6. The number of nitrogens with zero attached hydrogens (tertiary/aromatic N) is 1. The number of aromatic nitrogens is 1. The van der Waals surface area contributed by atoms with Crippen LogP contribution in [0.4, 0.5) is 13.8 Å². The number of esters is 1. The van der Waals surface area contributed by atoms with Gasteiger partial charge in [-0.1, -0.05) is 0 Å². The molecule has 0 unspecified atom stereocenters. The first-order valence-corrected chi connectivity index (χ1v) is 8.51. The molecule has 2 heterocycles. The minimum Gasteiger partial charge on any atom is -0.461 e. The number of nitrogens with two attached hydrogens (primary N) is 1. The largest absolute Gasteiger partial charge is 0.461 e. The lowest BCUT2D eigenvalue weighted by Gasteiger charge is -2.21. The normalized spacial score (nSPS) is 16.3. The number of fused-ring (bicyclic) bond motifs is 1. The molecule has 22 heavy (non-hydrogen) atoms. The lowest BCUT2D eigenvalue weighted by atomic mass is 9.93. The van der Waals surface area contributed by atoms with Crippen LogP contribution < -0.4 is 5.73 Å². The molecule has 0 saturated heterocycles. The fourth-order valence-corrected chi connectivity index (χ4v) is 4.63. The second-order valence-electron chi connectivity index (χ2n) is 5.03. The Kier molecular flexibility index (Phi) is 3.90. The number of thiophene rings is 1. The highest BCUT2D eigenvalue weighted by molar-refractivity contribution is 7.18. The Morgan fingerprint density at radius 3 is 3.05 bits per heavy atom. The highest BCUT2D eigenvalue weighted by atomic mass is 32.1. The van der Waals surface area contributed by atoms with Crippen molar-refractivity contribution in [3.8, 4) is 10.6 Å². The fraction of sp³-hybridized carbons (Fsp3) is 0.429. The number of ether oxygens (including phenoxy) is 1. The van der Waals surface area contributed by atoms with Crippen LogP contribution in [-0.4, -0.2) is 23.5 Å². The summed E-state index contributed by atoms with van der Waals surface area (Å²) in [5.74, 6) is -3.15. The second kappa shape index (κ2) is 5.58. The van der Waals surface area contributed by atoms with Gasteiger partial charge in [-0.2, -0.15) is 0 Å². The zero-order valence-corrected chi connectivity index (χ0v) is 13.5. The fourth-order valence-electron chi connectivity index (χ4n) is 2.49. The number of halogens is 2. The molecule has 0 aliphatic heterocycles. The van der Waals surface area contributed by atoms with Crippen molar-refractivity contribution in [3.05, 3.63) is 21.5 Å². The molecule has 0 aromatic carbocycles.